The normalized spacial score (nSPS) is 11.0. The SMILES string of the molecule is CCn1c(SCc2cccc3ccccc23)nnc1-c1cccc([N+](=O)[O-])c1. The molecule has 0 N–H and O–H groups in total. The van der Waals surface area contributed by atoms with Crippen molar-refractivity contribution >= 4 is 28.2 Å². The second kappa shape index (κ2) is 7.82. The molecule has 6 nitrogen and oxygen atoms in total. The van der Waals surface area contributed by atoms with Gasteiger partial charge in [-0.1, -0.05) is 66.4 Å². The summed E-state index contributed by atoms with van der Waals surface area (Å²) in [4.78, 5) is 10.7. The molecule has 0 atom stereocenters. The number of hydrogen-bond acceptors (Lipinski definition) is 5. The standard InChI is InChI=1S/C21H18N4O2S/c1-2-24-20(16-9-6-11-18(13-16)25(26)27)22-23-21(24)28-14-17-10-5-8-15-7-3-4-12-19(15)17/h3-13H,2,14H2,1H3. The van der Waals surface area contributed by atoms with Gasteiger partial charge in [0.05, 0.1) is 4.92 Å². The third-order valence-electron chi connectivity index (χ3n) is 4.58. The van der Waals surface area contributed by atoms with Crippen LogP contribution in [-0.2, 0) is 12.3 Å². The Labute approximate surface area is 166 Å². The number of benzene rings is 3. The van der Waals surface area contributed by atoms with Gasteiger partial charge in [-0.05, 0) is 23.3 Å². The molecule has 0 aliphatic rings. The molecule has 0 radical (unpaired) electrons. The lowest BCUT2D eigenvalue weighted by Crippen LogP contribution is -2.00. The Balaban J connectivity index is 1.63. The van der Waals surface area contributed by atoms with E-state index in [1.165, 1.54) is 28.5 Å². The summed E-state index contributed by atoms with van der Waals surface area (Å²) in [5, 5.41) is 23.0. The van der Waals surface area contributed by atoms with Crippen molar-refractivity contribution in [2.24, 2.45) is 0 Å². The van der Waals surface area contributed by atoms with Gasteiger partial charge >= 0.3 is 0 Å². The smallest absolute Gasteiger partial charge is 0.270 e. The van der Waals surface area contributed by atoms with Gasteiger partial charge in [0.1, 0.15) is 0 Å². The predicted molar refractivity (Wildman–Crippen MR) is 111 cm³/mol. The van der Waals surface area contributed by atoms with E-state index in [4.69, 9.17) is 0 Å². The van der Waals surface area contributed by atoms with Crippen molar-refractivity contribution in [3.8, 4) is 11.4 Å². The zero-order valence-corrected chi connectivity index (χ0v) is 16.1. The first-order valence-corrected chi connectivity index (χ1v) is 9.93. The lowest BCUT2D eigenvalue weighted by atomic mass is 10.1. The van der Waals surface area contributed by atoms with Crippen LogP contribution in [0.2, 0.25) is 0 Å². The Morgan fingerprint density at radius 1 is 1.04 bits per heavy atom. The monoisotopic (exact) mass is 390 g/mol. The van der Waals surface area contributed by atoms with Gasteiger partial charge in [-0.15, -0.1) is 10.2 Å². The summed E-state index contributed by atoms with van der Waals surface area (Å²) in [6.07, 6.45) is 0. The van der Waals surface area contributed by atoms with Crippen molar-refractivity contribution in [1.82, 2.24) is 14.8 Å². The van der Waals surface area contributed by atoms with Crippen molar-refractivity contribution in [1.29, 1.82) is 0 Å². The van der Waals surface area contributed by atoms with Crippen LogP contribution in [-0.4, -0.2) is 19.7 Å². The fourth-order valence-electron chi connectivity index (χ4n) is 3.21. The van der Waals surface area contributed by atoms with E-state index in [1.54, 1.807) is 17.8 Å². The molecule has 7 heteroatoms. The first-order valence-electron chi connectivity index (χ1n) is 8.95. The van der Waals surface area contributed by atoms with Crippen molar-refractivity contribution in [2.45, 2.75) is 24.4 Å². The largest absolute Gasteiger partial charge is 0.302 e. The summed E-state index contributed by atoms with van der Waals surface area (Å²) in [7, 11) is 0. The summed E-state index contributed by atoms with van der Waals surface area (Å²) in [6, 6.07) is 21.1. The molecule has 0 spiro atoms. The van der Waals surface area contributed by atoms with Crippen molar-refractivity contribution in [3.05, 3.63) is 82.4 Å². The van der Waals surface area contributed by atoms with Gasteiger partial charge in [0.2, 0.25) is 0 Å². The van der Waals surface area contributed by atoms with Gasteiger partial charge in [-0.3, -0.25) is 10.1 Å². The van der Waals surface area contributed by atoms with Gasteiger partial charge < -0.3 is 4.57 Å². The van der Waals surface area contributed by atoms with Gasteiger partial charge in [0.25, 0.3) is 5.69 Å². The summed E-state index contributed by atoms with van der Waals surface area (Å²) in [5.74, 6) is 1.42. The van der Waals surface area contributed by atoms with E-state index >= 15 is 0 Å². The molecule has 0 amide bonds. The minimum absolute atomic E-state index is 0.0492. The van der Waals surface area contributed by atoms with Crippen LogP contribution in [0.1, 0.15) is 12.5 Å². The van der Waals surface area contributed by atoms with Gasteiger partial charge in [0.15, 0.2) is 11.0 Å². The summed E-state index contributed by atoms with van der Waals surface area (Å²) < 4.78 is 1.99. The first kappa shape index (κ1) is 18.2. The fourth-order valence-corrected chi connectivity index (χ4v) is 4.22. The number of aromatic nitrogens is 3. The van der Waals surface area contributed by atoms with Crippen LogP contribution >= 0.6 is 11.8 Å². The van der Waals surface area contributed by atoms with Crippen LogP contribution in [0.15, 0.2) is 71.9 Å². The molecule has 0 aliphatic heterocycles. The quantitative estimate of drug-likeness (QED) is 0.253. The molecule has 0 bridgehead atoms. The highest BCUT2D eigenvalue weighted by molar-refractivity contribution is 7.98. The van der Waals surface area contributed by atoms with E-state index < -0.39 is 4.92 Å². The zero-order valence-electron chi connectivity index (χ0n) is 15.3. The topological polar surface area (TPSA) is 73.8 Å². The van der Waals surface area contributed by atoms with E-state index in [0.29, 0.717) is 17.9 Å². The van der Waals surface area contributed by atoms with E-state index in [2.05, 4.69) is 40.5 Å². The number of hydrogen-bond donors (Lipinski definition) is 0. The second-order valence-electron chi connectivity index (χ2n) is 6.28. The Bertz CT molecular complexity index is 1150. The third-order valence-corrected chi connectivity index (χ3v) is 5.60. The second-order valence-corrected chi connectivity index (χ2v) is 7.23. The molecule has 28 heavy (non-hydrogen) atoms. The van der Waals surface area contributed by atoms with Crippen LogP contribution in [0.5, 0.6) is 0 Å². The van der Waals surface area contributed by atoms with Crippen molar-refractivity contribution in [2.75, 3.05) is 0 Å². The minimum atomic E-state index is -0.396. The minimum Gasteiger partial charge on any atom is -0.302 e. The molecule has 1 aromatic heterocycles. The van der Waals surface area contributed by atoms with Gasteiger partial charge in [-0.2, -0.15) is 0 Å². The predicted octanol–water partition coefficient (Wildman–Crippen LogP) is 5.32. The zero-order chi connectivity index (χ0) is 19.5. The molecule has 4 rings (SSSR count). The van der Waals surface area contributed by atoms with E-state index in [-0.39, 0.29) is 5.69 Å². The van der Waals surface area contributed by atoms with Crippen molar-refractivity contribution in [3.63, 3.8) is 0 Å². The Morgan fingerprint density at radius 3 is 2.64 bits per heavy atom. The number of non-ortho nitro benzene ring substituents is 1. The molecular formula is C21H18N4O2S. The molecule has 0 fully saturated rings. The Hall–Kier alpha value is -3.19. The molecule has 140 valence electrons. The number of nitro groups is 1. The average molecular weight is 390 g/mol. The molecular weight excluding hydrogens is 372 g/mol. The van der Waals surface area contributed by atoms with Crippen LogP contribution in [0.3, 0.4) is 0 Å². The maximum Gasteiger partial charge on any atom is 0.270 e. The lowest BCUT2D eigenvalue weighted by molar-refractivity contribution is -0.384. The highest BCUT2D eigenvalue weighted by Gasteiger charge is 2.16. The van der Waals surface area contributed by atoms with E-state index in [9.17, 15) is 10.1 Å². The summed E-state index contributed by atoms with van der Waals surface area (Å²) in [6.45, 7) is 2.70. The highest BCUT2D eigenvalue weighted by atomic mass is 32.2. The average Bonchev–Trinajstić information content (AvgIpc) is 3.15. The molecule has 0 unspecified atom stereocenters. The number of nitrogens with zero attached hydrogens (tertiary/aromatic N) is 4. The summed E-state index contributed by atoms with van der Waals surface area (Å²) >= 11 is 1.62. The molecule has 0 saturated carbocycles. The maximum atomic E-state index is 11.1. The highest BCUT2D eigenvalue weighted by Crippen LogP contribution is 2.30. The van der Waals surface area contributed by atoms with Crippen LogP contribution in [0.4, 0.5) is 5.69 Å². The van der Waals surface area contributed by atoms with Crippen LogP contribution < -0.4 is 0 Å². The van der Waals surface area contributed by atoms with Crippen LogP contribution in [0.25, 0.3) is 22.2 Å². The number of rotatable bonds is 6. The summed E-state index contributed by atoms with van der Waals surface area (Å²) in [5.41, 5.74) is 1.99. The number of thioether (sulfide) groups is 1. The first-order chi connectivity index (χ1) is 13.7. The van der Waals surface area contributed by atoms with Gasteiger partial charge in [0, 0.05) is 30.0 Å². The van der Waals surface area contributed by atoms with E-state index in [0.717, 1.165) is 10.9 Å². The lowest BCUT2D eigenvalue weighted by Gasteiger charge is -2.09. The number of fused-ring (bicyclic) bond motifs is 1. The van der Waals surface area contributed by atoms with Crippen molar-refractivity contribution < 1.29 is 4.92 Å². The Morgan fingerprint density at radius 2 is 1.82 bits per heavy atom. The molecule has 0 saturated heterocycles. The fraction of sp³-hybridized carbons (Fsp3) is 0.143. The third kappa shape index (κ3) is 3.48. The molecule has 0 aliphatic carbocycles. The van der Waals surface area contributed by atoms with E-state index in [1.807, 2.05) is 29.7 Å². The number of nitro benzene ring substituents is 1. The molecule has 3 aromatic carbocycles. The Kier molecular flexibility index (Phi) is 5.08. The van der Waals surface area contributed by atoms with Gasteiger partial charge in [-0.25, -0.2) is 0 Å². The van der Waals surface area contributed by atoms with Crippen LogP contribution in [0, 0.1) is 10.1 Å². The molecule has 4 aromatic rings. The molecule has 1 heterocycles. The maximum absolute atomic E-state index is 11.1.